The third-order valence-electron chi connectivity index (χ3n) is 2.56. The normalized spacial score (nSPS) is 18.4. The molecule has 0 aromatic heterocycles. The van der Waals surface area contributed by atoms with E-state index in [1.54, 1.807) is 0 Å². The summed E-state index contributed by atoms with van der Waals surface area (Å²) in [5.74, 6) is 6.64. The van der Waals surface area contributed by atoms with Gasteiger partial charge in [0.1, 0.15) is 0 Å². The third kappa shape index (κ3) is 3.55. The molecule has 1 nitrogen and oxygen atoms in total. The van der Waals surface area contributed by atoms with Crippen LogP contribution in [0, 0.1) is 18.3 Å². The molecule has 0 saturated carbocycles. The summed E-state index contributed by atoms with van der Waals surface area (Å²) in [5.41, 5.74) is 1.33. The van der Waals surface area contributed by atoms with Crippen LogP contribution in [-0.4, -0.2) is 25.0 Å². The number of hydrogen-bond acceptors (Lipinski definition) is 1. The second-order valence-corrected chi connectivity index (χ2v) is 3.95. The van der Waals surface area contributed by atoms with Gasteiger partial charge in [-0.2, -0.15) is 0 Å². The summed E-state index contributed by atoms with van der Waals surface area (Å²) >= 11 is 0. The zero-order valence-corrected chi connectivity index (χ0v) is 9.51. The predicted octanol–water partition coefficient (Wildman–Crippen LogP) is 2.64. The van der Waals surface area contributed by atoms with Crippen LogP contribution in [0.5, 0.6) is 0 Å². The van der Waals surface area contributed by atoms with Gasteiger partial charge in [0.25, 0.3) is 0 Å². The van der Waals surface area contributed by atoms with Crippen molar-refractivity contribution in [3.63, 3.8) is 0 Å². The van der Waals surface area contributed by atoms with Gasteiger partial charge >= 0.3 is 0 Å². The summed E-state index contributed by atoms with van der Waals surface area (Å²) in [4.78, 5) is 2.18. The van der Waals surface area contributed by atoms with Gasteiger partial charge in [-0.25, -0.2) is 0 Å². The van der Waals surface area contributed by atoms with Gasteiger partial charge in [0.15, 0.2) is 0 Å². The first kappa shape index (κ1) is 11.3. The Labute approximate surface area is 88.2 Å². The van der Waals surface area contributed by atoms with Crippen LogP contribution in [-0.2, 0) is 0 Å². The van der Waals surface area contributed by atoms with Crippen molar-refractivity contribution < 1.29 is 0 Å². The predicted molar refractivity (Wildman–Crippen MR) is 61.8 cm³/mol. The lowest BCUT2D eigenvalue weighted by atomic mass is 10.00. The lowest BCUT2D eigenvalue weighted by Crippen LogP contribution is -2.25. The summed E-state index contributed by atoms with van der Waals surface area (Å²) < 4.78 is 0. The topological polar surface area (TPSA) is 3.24 Å². The van der Waals surface area contributed by atoms with Gasteiger partial charge in [0.2, 0.25) is 0 Å². The van der Waals surface area contributed by atoms with Crippen molar-refractivity contribution in [2.45, 2.75) is 38.6 Å². The minimum absolute atomic E-state index is 0.404. The monoisotopic (exact) mass is 190 g/mol. The minimum Gasteiger partial charge on any atom is -0.296 e. The van der Waals surface area contributed by atoms with Crippen LogP contribution >= 0.6 is 0 Å². The SMILES string of the molecule is CCC(C#CC1=CC[CH]CC1)N(C)C. The Morgan fingerprint density at radius 3 is 2.79 bits per heavy atom. The first-order valence-electron chi connectivity index (χ1n) is 5.42. The highest BCUT2D eigenvalue weighted by Crippen LogP contribution is 2.15. The molecule has 1 atom stereocenters. The lowest BCUT2D eigenvalue weighted by Gasteiger charge is -2.16. The van der Waals surface area contributed by atoms with Gasteiger partial charge in [-0.1, -0.05) is 24.8 Å². The third-order valence-corrected chi connectivity index (χ3v) is 2.56. The lowest BCUT2D eigenvalue weighted by molar-refractivity contribution is 0.345. The van der Waals surface area contributed by atoms with Crippen molar-refractivity contribution in [3.8, 4) is 11.8 Å². The molecule has 0 aromatic carbocycles. The molecule has 77 valence electrons. The number of nitrogens with zero attached hydrogens (tertiary/aromatic N) is 1. The second-order valence-electron chi connectivity index (χ2n) is 3.95. The summed E-state index contributed by atoms with van der Waals surface area (Å²) in [7, 11) is 4.18. The first-order valence-corrected chi connectivity index (χ1v) is 5.42. The zero-order valence-electron chi connectivity index (χ0n) is 9.51. The molecular formula is C13H20N. The highest BCUT2D eigenvalue weighted by molar-refractivity contribution is 5.32. The Morgan fingerprint density at radius 2 is 2.29 bits per heavy atom. The van der Waals surface area contributed by atoms with E-state index in [1.807, 2.05) is 0 Å². The van der Waals surface area contributed by atoms with Crippen LogP contribution in [0.2, 0.25) is 0 Å². The maximum absolute atomic E-state index is 3.33. The summed E-state index contributed by atoms with van der Waals surface area (Å²) in [6.45, 7) is 2.18. The van der Waals surface area contributed by atoms with Crippen molar-refractivity contribution >= 4 is 0 Å². The van der Waals surface area contributed by atoms with Crippen molar-refractivity contribution in [1.82, 2.24) is 4.90 Å². The molecule has 0 saturated heterocycles. The molecule has 1 aliphatic rings. The van der Waals surface area contributed by atoms with Gasteiger partial charge in [-0.15, -0.1) is 0 Å². The molecule has 0 bridgehead atoms. The van der Waals surface area contributed by atoms with Crippen molar-refractivity contribution in [2.24, 2.45) is 0 Å². The van der Waals surface area contributed by atoms with E-state index in [9.17, 15) is 0 Å². The van der Waals surface area contributed by atoms with Gasteiger partial charge in [-0.05, 0) is 51.8 Å². The molecule has 0 amide bonds. The Kier molecular flexibility index (Phi) is 4.76. The van der Waals surface area contributed by atoms with Crippen LogP contribution in [0.15, 0.2) is 11.6 Å². The molecule has 1 heteroatoms. The Bertz CT molecular complexity index is 252. The molecule has 0 aliphatic heterocycles. The fraction of sp³-hybridized carbons (Fsp3) is 0.615. The minimum atomic E-state index is 0.404. The molecule has 0 N–H and O–H groups in total. The van der Waals surface area contributed by atoms with E-state index in [0.29, 0.717) is 6.04 Å². The van der Waals surface area contributed by atoms with E-state index in [1.165, 1.54) is 12.0 Å². The molecule has 1 radical (unpaired) electrons. The van der Waals surface area contributed by atoms with Crippen LogP contribution in [0.4, 0.5) is 0 Å². The van der Waals surface area contributed by atoms with Crippen LogP contribution in [0.1, 0.15) is 32.6 Å². The summed E-state index contributed by atoms with van der Waals surface area (Å²) in [6, 6.07) is 0.404. The highest BCUT2D eigenvalue weighted by atomic mass is 15.1. The number of allylic oxidation sites excluding steroid dienone is 2. The summed E-state index contributed by atoms with van der Waals surface area (Å²) in [6.07, 6.45) is 9.09. The van der Waals surface area contributed by atoms with Crippen molar-refractivity contribution in [1.29, 1.82) is 0 Å². The maximum Gasteiger partial charge on any atom is 0.0710 e. The standard InChI is InChI=1S/C13H20N/c1-4-13(14(2)3)11-10-12-8-6-5-7-9-12/h5,8,13H,4,6-7,9H2,1-3H3. The molecule has 1 aliphatic carbocycles. The van der Waals surface area contributed by atoms with Crippen LogP contribution in [0.25, 0.3) is 0 Å². The number of hydrogen-bond donors (Lipinski definition) is 0. The molecule has 1 unspecified atom stereocenters. The maximum atomic E-state index is 3.33. The number of rotatable bonds is 2. The van der Waals surface area contributed by atoms with E-state index < -0.39 is 0 Å². The Balaban J connectivity index is 2.55. The molecular weight excluding hydrogens is 170 g/mol. The van der Waals surface area contributed by atoms with Gasteiger partial charge in [0, 0.05) is 0 Å². The molecule has 0 spiro atoms. The van der Waals surface area contributed by atoms with E-state index >= 15 is 0 Å². The Hall–Kier alpha value is -0.740. The first-order chi connectivity index (χ1) is 6.74. The quantitative estimate of drug-likeness (QED) is 0.605. The van der Waals surface area contributed by atoms with Gasteiger partial charge in [0.05, 0.1) is 6.04 Å². The van der Waals surface area contributed by atoms with Crippen molar-refractivity contribution in [3.05, 3.63) is 18.1 Å². The van der Waals surface area contributed by atoms with Gasteiger partial charge in [-0.3, -0.25) is 4.90 Å². The van der Waals surface area contributed by atoms with Crippen molar-refractivity contribution in [2.75, 3.05) is 14.1 Å². The van der Waals surface area contributed by atoms with Gasteiger partial charge < -0.3 is 0 Å². The largest absolute Gasteiger partial charge is 0.296 e. The van der Waals surface area contributed by atoms with E-state index in [0.717, 1.165) is 19.3 Å². The van der Waals surface area contributed by atoms with Crippen LogP contribution in [0.3, 0.4) is 0 Å². The summed E-state index contributed by atoms with van der Waals surface area (Å²) in [5, 5.41) is 0. The fourth-order valence-electron chi connectivity index (χ4n) is 1.59. The fourth-order valence-corrected chi connectivity index (χ4v) is 1.59. The smallest absolute Gasteiger partial charge is 0.0710 e. The molecule has 14 heavy (non-hydrogen) atoms. The zero-order chi connectivity index (χ0) is 10.4. The van der Waals surface area contributed by atoms with E-state index in [-0.39, 0.29) is 0 Å². The highest BCUT2D eigenvalue weighted by Gasteiger charge is 2.04. The average molecular weight is 190 g/mol. The molecule has 1 rings (SSSR count). The van der Waals surface area contributed by atoms with Crippen LogP contribution < -0.4 is 0 Å². The second kappa shape index (κ2) is 5.88. The molecule has 0 fully saturated rings. The Morgan fingerprint density at radius 1 is 1.50 bits per heavy atom. The molecule has 0 aromatic rings. The van der Waals surface area contributed by atoms with E-state index in [4.69, 9.17) is 0 Å². The average Bonchev–Trinajstić information content (AvgIpc) is 2.20. The van der Waals surface area contributed by atoms with E-state index in [2.05, 4.69) is 50.3 Å². The molecule has 0 heterocycles.